The van der Waals surface area contributed by atoms with Crippen LogP contribution in [0.3, 0.4) is 0 Å². The number of sulfonamides is 1. The number of rotatable bonds is 4. The van der Waals surface area contributed by atoms with Gasteiger partial charge in [0.2, 0.25) is 11.8 Å². The van der Waals surface area contributed by atoms with Crippen molar-refractivity contribution >= 4 is 44.1 Å². The van der Waals surface area contributed by atoms with Crippen LogP contribution in [0.5, 0.6) is 0 Å². The van der Waals surface area contributed by atoms with Gasteiger partial charge in [0.05, 0.1) is 0 Å². The summed E-state index contributed by atoms with van der Waals surface area (Å²) in [6.07, 6.45) is 2.05. The summed E-state index contributed by atoms with van der Waals surface area (Å²) in [4.78, 5) is 17.6. The number of piperidine rings is 1. The van der Waals surface area contributed by atoms with E-state index in [4.69, 9.17) is 4.42 Å². The third-order valence-electron chi connectivity index (χ3n) is 5.11. The normalized spacial score (nSPS) is 18.6. The summed E-state index contributed by atoms with van der Waals surface area (Å²) in [5.41, 5.74) is 1.66. The number of hydrogen-bond acceptors (Lipinski definition) is 6. The molecule has 0 bridgehead atoms. The Morgan fingerprint density at radius 1 is 1.27 bits per heavy atom. The smallest absolute Gasteiger partial charge is 0.253 e. The first kappa shape index (κ1) is 21.0. The molecule has 1 aliphatic rings. The quantitative estimate of drug-likeness (QED) is 0.641. The molecular weight excluding hydrogens is 422 g/mol. The van der Waals surface area contributed by atoms with Crippen LogP contribution in [-0.2, 0) is 20.2 Å². The molecule has 1 aliphatic heterocycles. The topological polar surface area (TPSA) is 92.5 Å². The number of thiophene rings is 1. The highest BCUT2D eigenvalue weighted by molar-refractivity contribution is 7.91. The molecule has 1 amide bonds. The van der Waals surface area contributed by atoms with Gasteiger partial charge in [0.15, 0.2) is 5.58 Å². The van der Waals surface area contributed by atoms with Gasteiger partial charge >= 0.3 is 0 Å². The Morgan fingerprint density at radius 2 is 2.07 bits per heavy atom. The Labute approximate surface area is 180 Å². The van der Waals surface area contributed by atoms with E-state index >= 15 is 0 Å². The summed E-state index contributed by atoms with van der Waals surface area (Å²) in [6.45, 7) is 6.40. The van der Waals surface area contributed by atoms with Crippen LogP contribution in [0.1, 0.15) is 45.9 Å². The summed E-state index contributed by atoms with van der Waals surface area (Å²) in [6, 6.07) is 7.83. The lowest BCUT2D eigenvalue weighted by atomic mass is 9.97. The molecule has 1 aromatic carbocycles. The third kappa shape index (κ3) is 4.01. The zero-order valence-electron chi connectivity index (χ0n) is 17.2. The number of carbonyl (C=O) groups is 1. The third-order valence-corrected chi connectivity index (χ3v) is 8.39. The summed E-state index contributed by atoms with van der Waals surface area (Å²) < 4.78 is 33.4. The minimum Gasteiger partial charge on any atom is -0.440 e. The molecule has 160 valence electrons. The van der Waals surface area contributed by atoms with Gasteiger partial charge in [0, 0.05) is 17.6 Å². The van der Waals surface area contributed by atoms with Crippen molar-refractivity contribution in [3.05, 3.63) is 41.6 Å². The Balaban J connectivity index is 1.57. The Kier molecular flexibility index (Phi) is 5.46. The average Bonchev–Trinajstić information content (AvgIpc) is 3.37. The minimum atomic E-state index is -3.69. The van der Waals surface area contributed by atoms with E-state index in [1.165, 1.54) is 15.6 Å². The van der Waals surface area contributed by atoms with Crippen molar-refractivity contribution in [3.63, 3.8) is 0 Å². The van der Waals surface area contributed by atoms with Crippen molar-refractivity contribution in [3.8, 4) is 0 Å². The lowest BCUT2D eigenvalue weighted by Crippen LogP contribution is -2.49. The van der Waals surface area contributed by atoms with Crippen LogP contribution in [0.15, 0.2) is 44.3 Å². The Hall–Kier alpha value is -2.23. The first-order valence-corrected chi connectivity index (χ1v) is 12.3. The molecule has 3 aromatic rings. The zero-order valence-corrected chi connectivity index (χ0v) is 18.8. The van der Waals surface area contributed by atoms with Crippen LogP contribution in [-0.4, -0.2) is 36.2 Å². The molecule has 1 atom stereocenters. The monoisotopic (exact) mass is 447 g/mol. The van der Waals surface area contributed by atoms with Crippen LogP contribution in [0.4, 0.5) is 5.69 Å². The van der Waals surface area contributed by atoms with Crippen LogP contribution >= 0.6 is 11.3 Å². The number of fused-ring (bicyclic) bond motifs is 1. The molecule has 0 aliphatic carbocycles. The van der Waals surface area contributed by atoms with Crippen LogP contribution in [0, 0.1) is 0 Å². The highest BCUT2D eigenvalue weighted by Gasteiger charge is 2.38. The van der Waals surface area contributed by atoms with Crippen molar-refractivity contribution in [1.82, 2.24) is 9.29 Å². The molecule has 2 aromatic heterocycles. The second-order valence-electron chi connectivity index (χ2n) is 8.50. The lowest BCUT2D eigenvalue weighted by molar-refractivity contribution is -0.120. The molecule has 0 spiro atoms. The standard InChI is InChI=1S/C21H25N3O4S2/c1-21(2,3)20-23-15-13-14(9-10-17(15)28-20)22-19(25)16-7-4-5-11-24(16)30(26,27)18-8-6-12-29-18/h6,8-10,12-13,16H,4-5,7,11H2,1-3H3,(H,22,25). The molecule has 1 saturated heterocycles. The fourth-order valence-electron chi connectivity index (χ4n) is 3.53. The molecular formula is C21H25N3O4S2. The maximum Gasteiger partial charge on any atom is 0.253 e. The van der Waals surface area contributed by atoms with Gasteiger partial charge in [-0.15, -0.1) is 11.3 Å². The molecule has 0 radical (unpaired) electrons. The zero-order chi connectivity index (χ0) is 21.5. The molecule has 7 nitrogen and oxygen atoms in total. The van der Waals surface area contributed by atoms with Gasteiger partial charge < -0.3 is 9.73 Å². The number of nitrogens with zero attached hydrogens (tertiary/aromatic N) is 2. The van der Waals surface area contributed by atoms with Gasteiger partial charge in [-0.3, -0.25) is 4.79 Å². The first-order chi connectivity index (χ1) is 14.2. The molecule has 1 fully saturated rings. The van der Waals surface area contributed by atoms with Crippen LogP contribution in [0.25, 0.3) is 11.1 Å². The average molecular weight is 448 g/mol. The van der Waals surface area contributed by atoms with E-state index in [1.807, 2.05) is 20.8 Å². The highest BCUT2D eigenvalue weighted by Crippen LogP contribution is 2.30. The number of oxazole rings is 1. The maximum absolute atomic E-state index is 13.0. The summed E-state index contributed by atoms with van der Waals surface area (Å²) >= 11 is 1.17. The second-order valence-corrected chi connectivity index (χ2v) is 11.6. The van der Waals surface area contributed by atoms with Gasteiger partial charge in [-0.1, -0.05) is 33.3 Å². The van der Waals surface area contributed by atoms with Crippen molar-refractivity contribution in [2.75, 3.05) is 11.9 Å². The molecule has 30 heavy (non-hydrogen) atoms. The number of hydrogen-bond donors (Lipinski definition) is 1. The summed E-state index contributed by atoms with van der Waals surface area (Å²) in [5.74, 6) is 0.301. The number of carbonyl (C=O) groups excluding carboxylic acids is 1. The SMILES string of the molecule is CC(C)(C)c1nc2cc(NC(=O)C3CCCCN3S(=O)(=O)c3cccs3)ccc2o1. The van der Waals surface area contributed by atoms with Gasteiger partial charge in [0.25, 0.3) is 10.0 Å². The van der Waals surface area contributed by atoms with Crippen molar-refractivity contribution in [1.29, 1.82) is 0 Å². The number of anilines is 1. The molecule has 0 saturated carbocycles. The van der Waals surface area contributed by atoms with Crippen LogP contribution in [0.2, 0.25) is 0 Å². The predicted molar refractivity (Wildman–Crippen MR) is 117 cm³/mol. The second kappa shape index (κ2) is 7.79. The molecule has 1 unspecified atom stereocenters. The maximum atomic E-state index is 13.0. The molecule has 4 rings (SSSR count). The lowest BCUT2D eigenvalue weighted by Gasteiger charge is -2.33. The van der Waals surface area contributed by atoms with E-state index in [0.717, 1.165) is 12.8 Å². The predicted octanol–water partition coefficient (Wildman–Crippen LogP) is 4.37. The van der Waals surface area contributed by atoms with Crippen LogP contribution < -0.4 is 5.32 Å². The van der Waals surface area contributed by atoms with Crippen molar-refractivity contribution < 1.29 is 17.6 Å². The van der Waals surface area contributed by atoms with Crippen molar-refractivity contribution in [2.24, 2.45) is 0 Å². The van der Waals surface area contributed by atoms with Gasteiger partial charge in [0.1, 0.15) is 15.8 Å². The van der Waals surface area contributed by atoms with E-state index in [0.29, 0.717) is 35.6 Å². The largest absolute Gasteiger partial charge is 0.440 e. The van der Waals surface area contributed by atoms with E-state index in [9.17, 15) is 13.2 Å². The Bertz CT molecular complexity index is 1160. The number of nitrogens with one attached hydrogen (secondary N) is 1. The van der Waals surface area contributed by atoms with E-state index < -0.39 is 16.1 Å². The fourth-order valence-corrected chi connectivity index (χ4v) is 6.31. The molecule has 1 N–H and O–H groups in total. The summed E-state index contributed by atoms with van der Waals surface area (Å²) in [5, 5.41) is 4.60. The van der Waals surface area contributed by atoms with Gasteiger partial charge in [-0.05, 0) is 42.5 Å². The van der Waals surface area contributed by atoms with E-state index in [1.54, 1.807) is 35.7 Å². The molecule has 3 heterocycles. The number of aromatic nitrogens is 1. The van der Waals surface area contributed by atoms with Gasteiger partial charge in [-0.25, -0.2) is 13.4 Å². The first-order valence-electron chi connectivity index (χ1n) is 9.93. The highest BCUT2D eigenvalue weighted by atomic mass is 32.2. The van der Waals surface area contributed by atoms with Crippen molar-refractivity contribution in [2.45, 2.75) is 55.7 Å². The molecule has 9 heteroatoms. The summed E-state index contributed by atoms with van der Waals surface area (Å²) in [7, 11) is -3.69. The Morgan fingerprint density at radius 3 is 2.77 bits per heavy atom. The number of benzene rings is 1. The van der Waals surface area contributed by atoms with E-state index in [2.05, 4.69) is 10.3 Å². The van der Waals surface area contributed by atoms with E-state index in [-0.39, 0.29) is 15.5 Å². The minimum absolute atomic E-state index is 0.221. The number of amides is 1. The van der Waals surface area contributed by atoms with Gasteiger partial charge in [-0.2, -0.15) is 4.31 Å². The fraction of sp³-hybridized carbons (Fsp3) is 0.429.